The van der Waals surface area contributed by atoms with Crippen LogP contribution in [-0.4, -0.2) is 43.2 Å². The van der Waals surface area contributed by atoms with Gasteiger partial charge in [-0.25, -0.2) is 4.57 Å². The fourth-order valence-electron chi connectivity index (χ4n) is 0. The van der Waals surface area contributed by atoms with E-state index in [2.05, 4.69) is 0 Å². The van der Waals surface area contributed by atoms with Crippen molar-refractivity contribution in [3.63, 3.8) is 0 Å². The second kappa shape index (κ2) is 12.5. The summed E-state index contributed by atoms with van der Waals surface area (Å²) in [6.07, 6.45) is 0. The van der Waals surface area contributed by atoms with Gasteiger partial charge in [0.2, 0.25) is 0 Å². The number of phosphoric acid groups is 1. The summed E-state index contributed by atoms with van der Waals surface area (Å²) in [7, 11) is -4.64. The number of hydrogen-bond donors (Lipinski definition) is 3. The Morgan fingerprint density at radius 3 is 1.22 bits per heavy atom. The minimum absolute atomic E-state index is 0. The summed E-state index contributed by atoms with van der Waals surface area (Å²) >= 11 is 0. The van der Waals surface area contributed by atoms with Gasteiger partial charge in [0.05, 0.1) is 0 Å². The second-order valence-corrected chi connectivity index (χ2v) is 1.54. The zero-order valence-electron chi connectivity index (χ0n) is 6.14. The number of hydrogen-bond acceptors (Lipinski definition) is 1. The van der Waals surface area contributed by atoms with Crippen LogP contribution in [-0.2, 0) is 38.7 Å². The Morgan fingerprint density at radius 1 is 1.22 bits per heavy atom. The third-order valence-electron chi connectivity index (χ3n) is 0. The van der Waals surface area contributed by atoms with Gasteiger partial charge in [0.1, 0.15) is 0 Å². The van der Waals surface area contributed by atoms with E-state index in [9.17, 15) is 0 Å². The molecule has 59 valence electrons. The van der Waals surface area contributed by atoms with E-state index in [1.165, 1.54) is 0 Å². The predicted octanol–water partition coefficient (Wildman–Crippen LogP) is -1.91. The van der Waals surface area contributed by atoms with Crippen molar-refractivity contribution in [2.75, 3.05) is 0 Å². The summed E-state index contributed by atoms with van der Waals surface area (Å²) in [6.45, 7) is 0. The molecule has 0 amide bonds. The molecular weight excluding hydrogens is 246 g/mol. The molecule has 0 fully saturated rings. The van der Waals surface area contributed by atoms with Crippen LogP contribution in [0.4, 0.5) is 0 Å². The molecule has 0 rings (SSSR count). The Kier molecular flexibility index (Phi) is 42.8. The Labute approximate surface area is 92.2 Å². The maximum atomic E-state index is 8.88. The van der Waals surface area contributed by atoms with Crippen LogP contribution in [0.15, 0.2) is 0 Å². The van der Waals surface area contributed by atoms with E-state index in [1.807, 2.05) is 0 Å². The van der Waals surface area contributed by atoms with Crippen LogP contribution in [0.1, 0.15) is 2.85 Å². The van der Waals surface area contributed by atoms with E-state index in [0.717, 1.165) is 0 Å². The molecule has 0 aliphatic heterocycles. The molecular formula is H7FeMgMnO5P. The van der Waals surface area contributed by atoms with Crippen LogP contribution >= 0.6 is 7.82 Å². The molecule has 0 bridgehead atoms. The fourth-order valence-corrected chi connectivity index (χ4v) is 0. The van der Waals surface area contributed by atoms with Crippen LogP contribution in [0, 0.1) is 0 Å². The predicted molar refractivity (Wildman–Crippen MR) is 25.9 cm³/mol. The maximum absolute atomic E-state index is 8.88. The standard InChI is InChI=1S/Fe.Mg.Mn.H3O4P.H2O.2H/c;;;1-5(2,3)4;;;/h;;;(H3,1,2,3,4);1H2;;/q;+2;;;;2*-1. The van der Waals surface area contributed by atoms with Crippen molar-refractivity contribution in [2.45, 2.75) is 0 Å². The van der Waals surface area contributed by atoms with Crippen LogP contribution in [0.5, 0.6) is 0 Å². The molecule has 1 radical (unpaired) electrons. The molecule has 0 heterocycles. The first-order valence-electron chi connectivity index (χ1n) is 0.783. The molecule has 0 unspecified atom stereocenters. The van der Waals surface area contributed by atoms with E-state index < -0.39 is 7.82 Å². The summed E-state index contributed by atoms with van der Waals surface area (Å²) in [6, 6.07) is 0. The normalized spacial score (nSPS) is 6.56. The quantitative estimate of drug-likeness (QED) is 0.345. The van der Waals surface area contributed by atoms with Gasteiger partial charge in [-0.05, 0) is 0 Å². The van der Waals surface area contributed by atoms with Gasteiger partial charge >= 0.3 is 30.9 Å². The third kappa shape index (κ3) is 174. The van der Waals surface area contributed by atoms with Crippen molar-refractivity contribution >= 4 is 30.9 Å². The Bertz CT molecular complexity index is 70.6. The SMILES string of the molecule is O.O=P(O)(O)O.[Fe].[H-].[H-].[Mg+2].[Mn]. The maximum Gasteiger partial charge on any atom is 2.00 e. The van der Waals surface area contributed by atoms with Crippen molar-refractivity contribution in [3.05, 3.63) is 0 Å². The molecule has 9 heavy (non-hydrogen) atoms. The van der Waals surface area contributed by atoms with Crippen molar-refractivity contribution < 1.29 is 61.7 Å². The first kappa shape index (κ1) is 30.7. The molecule has 0 aliphatic rings. The molecule has 0 atom stereocenters. The molecule has 0 saturated heterocycles. The van der Waals surface area contributed by atoms with Crippen LogP contribution < -0.4 is 0 Å². The zero-order chi connectivity index (χ0) is 4.50. The van der Waals surface area contributed by atoms with E-state index in [4.69, 9.17) is 19.2 Å². The second-order valence-electron chi connectivity index (χ2n) is 0.513. The Hall–Kier alpha value is 1.88. The summed E-state index contributed by atoms with van der Waals surface area (Å²) in [4.78, 5) is 21.6. The summed E-state index contributed by atoms with van der Waals surface area (Å²) in [5.74, 6) is 0. The minimum atomic E-state index is -4.64. The molecule has 0 aromatic rings. The smallest absolute Gasteiger partial charge is 1.00 e. The van der Waals surface area contributed by atoms with E-state index in [0.29, 0.717) is 0 Å². The van der Waals surface area contributed by atoms with Crippen molar-refractivity contribution in [3.8, 4) is 0 Å². The molecule has 0 spiro atoms. The molecule has 5 N–H and O–H groups in total. The first-order chi connectivity index (χ1) is 2.00. The van der Waals surface area contributed by atoms with Crippen LogP contribution in [0.25, 0.3) is 0 Å². The van der Waals surface area contributed by atoms with Gasteiger partial charge in [-0.15, -0.1) is 0 Å². The first-order valence-corrected chi connectivity index (χ1v) is 2.35. The Morgan fingerprint density at radius 2 is 1.22 bits per heavy atom. The summed E-state index contributed by atoms with van der Waals surface area (Å²) in [5, 5.41) is 0. The average Bonchev–Trinajstić information content (AvgIpc) is 0.722. The molecule has 0 aromatic carbocycles. The summed E-state index contributed by atoms with van der Waals surface area (Å²) < 4.78 is 8.88. The van der Waals surface area contributed by atoms with Gasteiger partial charge in [-0.2, -0.15) is 0 Å². The average molecular weight is 253 g/mol. The third-order valence-corrected chi connectivity index (χ3v) is 0. The van der Waals surface area contributed by atoms with Crippen LogP contribution in [0.3, 0.4) is 0 Å². The monoisotopic (exact) mass is 253 g/mol. The summed E-state index contributed by atoms with van der Waals surface area (Å²) in [5.41, 5.74) is 0. The van der Waals surface area contributed by atoms with Gasteiger partial charge < -0.3 is 23.0 Å². The molecule has 5 nitrogen and oxygen atoms in total. The van der Waals surface area contributed by atoms with Gasteiger partial charge in [0.15, 0.2) is 0 Å². The van der Waals surface area contributed by atoms with Gasteiger partial charge in [0.25, 0.3) is 0 Å². The van der Waals surface area contributed by atoms with E-state index in [-0.39, 0.29) is 65.5 Å². The van der Waals surface area contributed by atoms with E-state index >= 15 is 0 Å². The molecule has 0 aromatic heterocycles. The van der Waals surface area contributed by atoms with Crippen LogP contribution in [0.2, 0.25) is 0 Å². The Balaban J connectivity index is -0.00000000533. The number of rotatable bonds is 0. The topological polar surface area (TPSA) is 109 Å². The molecule has 0 aliphatic carbocycles. The van der Waals surface area contributed by atoms with Gasteiger partial charge in [0, 0.05) is 34.1 Å². The molecule has 9 heteroatoms. The minimum Gasteiger partial charge on any atom is -1.00 e. The molecule has 0 saturated carbocycles. The zero-order valence-corrected chi connectivity index (χ0v) is 8.73. The van der Waals surface area contributed by atoms with Crippen molar-refractivity contribution in [2.24, 2.45) is 0 Å². The van der Waals surface area contributed by atoms with Gasteiger partial charge in [-0.3, -0.25) is 0 Å². The van der Waals surface area contributed by atoms with Crippen molar-refractivity contribution in [1.29, 1.82) is 0 Å². The van der Waals surface area contributed by atoms with Gasteiger partial charge in [-0.1, -0.05) is 0 Å². The van der Waals surface area contributed by atoms with E-state index in [1.54, 1.807) is 0 Å². The fraction of sp³-hybridized carbons (Fsp3) is 0. The van der Waals surface area contributed by atoms with Crippen molar-refractivity contribution in [1.82, 2.24) is 0 Å². The largest absolute Gasteiger partial charge is 2.00 e.